The molecule has 8 aromatic rings. The molecule has 62 heavy (non-hydrogen) atoms. The molecule has 300 valence electrons. The van der Waals surface area contributed by atoms with Crippen LogP contribution in [0.2, 0.25) is 0 Å². The Labute approximate surface area is 368 Å². The number of hydrogen-bond donors (Lipinski definition) is 0. The Morgan fingerprint density at radius 3 is 1.56 bits per heavy atom. The highest BCUT2D eigenvalue weighted by Gasteiger charge is 2.44. The van der Waals surface area contributed by atoms with E-state index in [1.54, 1.807) is 0 Å². The smallest absolute Gasteiger partial charge is 0.0540 e. The van der Waals surface area contributed by atoms with Crippen LogP contribution < -0.4 is 4.90 Å². The van der Waals surface area contributed by atoms with Crippen LogP contribution in [0.5, 0.6) is 0 Å². The fraction of sp³-hybridized carbons (Fsp3) is 0.133. The zero-order valence-electron chi connectivity index (χ0n) is 35.8. The van der Waals surface area contributed by atoms with E-state index in [4.69, 9.17) is 0 Å². The highest BCUT2D eigenvalue weighted by atomic mass is 32.3. The number of nitrogens with zero attached hydrogens (tertiary/aromatic N) is 1. The van der Waals surface area contributed by atoms with Crippen LogP contribution in [0.1, 0.15) is 62.8 Å². The molecule has 1 nitrogen and oxygen atoms in total. The number of fused-ring (bicyclic) bond motifs is 9. The highest BCUT2D eigenvalue weighted by molar-refractivity contribution is 8.37. The maximum atomic E-state index is 2.55. The molecule has 4 aliphatic rings. The molecule has 1 heterocycles. The Bertz CT molecular complexity index is 3090. The van der Waals surface area contributed by atoms with E-state index in [1.165, 1.54) is 103 Å². The fourth-order valence-corrected chi connectivity index (χ4v) is 15.8. The van der Waals surface area contributed by atoms with Crippen LogP contribution in [0.4, 0.5) is 17.1 Å². The number of para-hydroxylation sites is 1. The predicted molar refractivity (Wildman–Crippen MR) is 262 cm³/mol. The van der Waals surface area contributed by atoms with E-state index in [9.17, 15) is 0 Å². The summed E-state index contributed by atoms with van der Waals surface area (Å²) in [7, 11) is -1.76. The molecule has 0 saturated carbocycles. The van der Waals surface area contributed by atoms with Crippen LogP contribution in [-0.2, 0) is 10.8 Å². The number of benzene rings is 8. The molecule has 0 fully saturated rings. The molecule has 12 rings (SSSR count). The Kier molecular flexibility index (Phi) is 8.21. The van der Waals surface area contributed by atoms with Crippen molar-refractivity contribution in [3.05, 3.63) is 227 Å². The largest absolute Gasteiger partial charge is 0.310 e. The predicted octanol–water partition coefficient (Wildman–Crippen LogP) is 16.9. The van der Waals surface area contributed by atoms with Gasteiger partial charge in [0.25, 0.3) is 0 Å². The second kappa shape index (κ2) is 13.7. The van der Waals surface area contributed by atoms with Gasteiger partial charge in [-0.05, 0) is 128 Å². The van der Waals surface area contributed by atoms with Crippen molar-refractivity contribution >= 4 is 27.1 Å². The maximum Gasteiger partial charge on any atom is 0.0540 e. The Hall–Kier alpha value is -6.61. The second-order valence-electron chi connectivity index (χ2n) is 18.3. The van der Waals surface area contributed by atoms with Crippen molar-refractivity contribution in [1.29, 1.82) is 0 Å². The summed E-state index contributed by atoms with van der Waals surface area (Å²) in [6.45, 7) is 9.55. The summed E-state index contributed by atoms with van der Waals surface area (Å²) < 4.78 is 0. The molecule has 0 N–H and O–H groups in total. The topological polar surface area (TPSA) is 3.24 Å². The minimum atomic E-state index is -1.76. The average molecular weight is 816 g/mol. The molecule has 0 saturated heterocycles. The molecular weight excluding hydrogens is 767 g/mol. The first-order chi connectivity index (χ1) is 30.3. The van der Waals surface area contributed by atoms with Crippen molar-refractivity contribution in [2.75, 3.05) is 4.90 Å². The van der Waals surface area contributed by atoms with E-state index in [2.05, 4.69) is 233 Å². The second-order valence-corrected chi connectivity index (χ2v) is 21.4. The Morgan fingerprint density at radius 2 is 0.935 bits per heavy atom. The molecule has 1 atom stereocenters. The molecule has 1 unspecified atom stereocenters. The number of rotatable bonds is 6. The van der Waals surface area contributed by atoms with Gasteiger partial charge in [0, 0.05) is 48.0 Å². The summed E-state index contributed by atoms with van der Waals surface area (Å²) >= 11 is 0. The van der Waals surface area contributed by atoms with Crippen molar-refractivity contribution in [3.8, 4) is 44.5 Å². The minimum absolute atomic E-state index is 0.134. The molecule has 0 aromatic heterocycles. The van der Waals surface area contributed by atoms with Crippen LogP contribution >= 0.6 is 10.0 Å². The van der Waals surface area contributed by atoms with E-state index >= 15 is 0 Å². The number of anilines is 3. The summed E-state index contributed by atoms with van der Waals surface area (Å²) in [6.07, 6.45) is 9.49. The van der Waals surface area contributed by atoms with Gasteiger partial charge in [-0.3, -0.25) is 0 Å². The van der Waals surface area contributed by atoms with Gasteiger partial charge in [-0.1, -0.05) is 173 Å². The number of hydrogen-bond acceptors (Lipinski definition) is 1. The quantitative estimate of drug-likeness (QED) is 0.162. The van der Waals surface area contributed by atoms with Gasteiger partial charge in [-0.25, -0.2) is 0 Å². The molecule has 0 spiro atoms. The van der Waals surface area contributed by atoms with Gasteiger partial charge in [0.05, 0.1) is 5.69 Å². The third-order valence-corrected chi connectivity index (χ3v) is 18.3. The molecule has 0 bridgehead atoms. The van der Waals surface area contributed by atoms with Crippen molar-refractivity contribution < 1.29 is 0 Å². The van der Waals surface area contributed by atoms with Crippen LogP contribution in [0.3, 0.4) is 0 Å². The molecule has 0 radical (unpaired) electrons. The normalized spacial score (nSPS) is 18.9. The van der Waals surface area contributed by atoms with E-state index in [-0.39, 0.29) is 10.8 Å². The molecule has 0 amide bonds. The van der Waals surface area contributed by atoms with Gasteiger partial charge in [-0.15, -0.1) is 10.0 Å². The third-order valence-electron chi connectivity index (χ3n) is 14.3. The van der Waals surface area contributed by atoms with Crippen LogP contribution in [0.15, 0.2) is 220 Å². The first kappa shape index (κ1) is 37.2. The van der Waals surface area contributed by atoms with Gasteiger partial charge >= 0.3 is 0 Å². The lowest BCUT2D eigenvalue weighted by molar-refractivity contribution is 0.660. The zero-order chi connectivity index (χ0) is 41.8. The van der Waals surface area contributed by atoms with Gasteiger partial charge < -0.3 is 4.90 Å². The van der Waals surface area contributed by atoms with Gasteiger partial charge in [0.1, 0.15) is 0 Å². The maximum absolute atomic E-state index is 2.55. The number of allylic oxidation sites excluding steroid dienone is 3. The molecule has 2 heteroatoms. The highest BCUT2D eigenvalue weighted by Crippen LogP contribution is 2.81. The summed E-state index contributed by atoms with van der Waals surface area (Å²) in [6, 6.07) is 69.3. The lowest BCUT2D eigenvalue weighted by Crippen LogP contribution is -2.18. The van der Waals surface area contributed by atoms with E-state index < -0.39 is 10.0 Å². The molecular formula is C60H49NS. The van der Waals surface area contributed by atoms with Crippen molar-refractivity contribution in [3.63, 3.8) is 0 Å². The summed E-state index contributed by atoms with van der Waals surface area (Å²) in [5.74, 6) is 0. The standard InChI is InChI=1S/C60H49NS/c1-59(2)51-29-15-11-24-44(51)46-36-34-40(38-53(46)59)61(41-35-37-47-45-25-12-16-30-52(45)60(3,4)54(47)39-41)55-31-17-13-26-48(55)49-28-19-33-57-58(49)50-27-14-18-32-56(50)62(57,42-20-7-5-8-21-42)43-22-9-6-10-23-43/h5,7-9,11-39H,6,10H2,1-4H3. The Balaban J connectivity index is 1.12. The molecule has 1 aliphatic heterocycles. The SMILES string of the molecule is CC1(C)c2ccccc2-c2ccc(N(c3ccc4c(c3)C(C)(C)c3ccccc3-4)c3ccccc3-c3cccc4c3-c3ccccc3S4(C3=CCCC=C3)c3ccccc3)cc21. The average Bonchev–Trinajstić information content (AvgIpc) is 3.85. The zero-order valence-corrected chi connectivity index (χ0v) is 36.6. The molecule has 3 aliphatic carbocycles. The van der Waals surface area contributed by atoms with Gasteiger partial charge in [0.15, 0.2) is 0 Å². The van der Waals surface area contributed by atoms with E-state index in [0.717, 1.165) is 12.8 Å². The first-order valence-electron chi connectivity index (χ1n) is 22.2. The minimum Gasteiger partial charge on any atom is -0.310 e. The van der Waals surface area contributed by atoms with Gasteiger partial charge in [0.2, 0.25) is 0 Å². The lowest BCUT2D eigenvalue weighted by atomic mass is 9.82. The van der Waals surface area contributed by atoms with Crippen molar-refractivity contribution in [2.24, 2.45) is 0 Å². The third kappa shape index (κ3) is 5.11. The first-order valence-corrected chi connectivity index (χ1v) is 23.8. The van der Waals surface area contributed by atoms with Gasteiger partial charge in [-0.2, -0.15) is 0 Å². The lowest BCUT2D eigenvalue weighted by Gasteiger charge is -2.41. The molecule has 8 aromatic carbocycles. The van der Waals surface area contributed by atoms with Crippen LogP contribution in [0.25, 0.3) is 44.5 Å². The summed E-state index contributed by atoms with van der Waals surface area (Å²) in [4.78, 5) is 8.24. The van der Waals surface area contributed by atoms with Crippen LogP contribution in [-0.4, -0.2) is 0 Å². The van der Waals surface area contributed by atoms with Crippen LogP contribution in [0, 0.1) is 0 Å². The summed E-state index contributed by atoms with van der Waals surface area (Å²) in [5.41, 5.74) is 19.3. The monoisotopic (exact) mass is 815 g/mol. The Morgan fingerprint density at radius 1 is 0.419 bits per heavy atom. The fourth-order valence-electron chi connectivity index (χ4n) is 11.4. The van der Waals surface area contributed by atoms with E-state index in [0.29, 0.717) is 0 Å². The van der Waals surface area contributed by atoms with Crippen molar-refractivity contribution in [2.45, 2.75) is 66.1 Å². The van der Waals surface area contributed by atoms with Crippen molar-refractivity contribution in [1.82, 2.24) is 0 Å². The van der Waals surface area contributed by atoms with E-state index in [1.807, 2.05) is 0 Å². The summed E-state index contributed by atoms with van der Waals surface area (Å²) in [5, 5.41) is 0.